The third-order valence-corrected chi connectivity index (χ3v) is 2.64. The van der Waals surface area contributed by atoms with E-state index in [-0.39, 0.29) is 12.2 Å². The van der Waals surface area contributed by atoms with Crippen LogP contribution in [0.4, 0.5) is 28.0 Å². The van der Waals surface area contributed by atoms with E-state index in [4.69, 9.17) is 4.52 Å². The first-order valence-electron chi connectivity index (χ1n) is 6.09. The Bertz CT molecular complexity index is 682. The van der Waals surface area contributed by atoms with Gasteiger partial charge in [0, 0.05) is 11.8 Å². The van der Waals surface area contributed by atoms with Crippen molar-refractivity contribution in [2.45, 2.75) is 19.6 Å². The van der Waals surface area contributed by atoms with Gasteiger partial charge in [-0.3, -0.25) is 0 Å². The number of alkyl halides is 3. The van der Waals surface area contributed by atoms with Crippen LogP contribution in [0.2, 0.25) is 0 Å². The van der Waals surface area contributed by atoms with Crippen molar-refractivity contribution in [3.8, 4) is 0 Å². The highest BCUT2D eigenvalue weighted by Crippen LogP contribution is 2.32. The molecule has 2 amide bonds. The van der Waals surface area contributed by atoms with Crippen LogP contribution in [-0.2, 0) is 12.7 Å². The highest BCUT2D eigenvalue weighted by atomic mass is 19.4. The first-order valence-corrected chi connectivity index (χ1v) is 6.09. The monoisotopic (exact) mass is 317 g/mol. The van der Waals surface area contributed by atoms with E-state index in [9.17, 15) is 22.4 Å². The molecule has 1 aromatic heterocycles. The average molecular weight is 317 g/mol. The molecule has 2 N–H and O–H groups in total. The lowest BCUT2D eigenvalue weighted by Crippen LogP contribution is -2.28. The number of halogens is 4. The number of urea groups is 1. The Morgan fingerprint density at radius 1 is 1.32 bits per heavy atom. The maximum atomic E-state index is 13.1. The van der Waals surface area contributed by atoms with Crippen LogP contribution in [0, 0.1) is 12.7 Å². The molecule has 2 aromatic rings. The quantitative estimate of drug-likeness (QED) is 0.852. The van der Waals surface area contributed by atoms with E-state index in [0.29, 0.717) is 23.6 Å². The fraction of sp³-hybridized carbons (Fsp3) is 0.231. The minimum atomic E-state index is -4.84. The highest BCUT2D eigenvalue weighted by molar-refractivity contribution is 5.89. The number of rotatable bonds is 3. The third kappa shape index (κ3) is 3.96. The SMILES string of the molecule is Cc1cc(CNC(=O)Nc2ccc(F)c(C(F)(F)F)c2)no1. The number of nitrogens with one attached hydrogen (secondary N) is 2. The van der Waals surface area contributed by atoms with Gasteiger partial charge in [-0.2, -0.15) is 13.2 Å². The summed E-state index contributed by atoms with van der Waals surface area (Å²) in [5.41, 5.74) is -1.16. The van der Waals surface area contributed by atoms with Crippen LogP contribution < -0.4 is 10.6 Å². The van der Waals surface area contributed by atoms with Crippen molar-refractivity contribution in [2.24, 2.45) is 0 Å². The molecule has 22 heavy (non-hydrogen) atoms. The predicted molar refractivity (Wildman–Crippen MR) is 68.5 cm³/mol. The summed E-state index contributed by atoms with van der Waals surface area (Å²) < 4.78 is 55.6. The Kier molecular flexibility index (Phi) is 4.34. The molecular formula is C13H11F4N3O2. The zero-order valence-electron chi connectivity index (χ0n) is 11.3. The number of amides is 2. The van der Waals surface area contributed by atoms with E-state index in [1.54, 1.807) is 13.0 Å². The molecule has 9 heteroatoms. The molecule has 2 rings (SSSR count). The van der Waals surface area contributed by atoms with Crippen molar-refractivity contribution in [3.63, 3.8) is 0 Å². The zero-order valence-corrected chi connectivity index (χ0v) is 11.3. The molecule has 0 atom stereocenters. The van der Waals surface area contributed by atoms with Crippen molar-refractivity contribution in [1.29, 1.82) is 0 Å². The lowest BCUT2D eigenvalue weighted by atomic mass is 10.2. The average Bonchev–Trinajstić information content (AvgIpc) is 2.83. The first-order chi connectivity index (χ1) is 10.3. The minimum Gasteiger partial charge on any atom is -0.361 e. The number of aromatic nitrogens is 1. The molecule has 0 saturated heterocycles. The van der Waals surface area contributed by atoms with Gasteiger partial charge in [0.15, 0.2) is 0 Å². The molecule has 0 aliphatic heterocycles. The van der Waals surface area contributed by atoms with Crippen molar-refractivity contribution in [3.05, 3.63) is 47.1 Å². The lowest BCUT2D eigenvalue weighted by molar-refractivity contribution is -0.139. The molecule has 0 bridgehead atoms. The smallest absolute Gasteiger partial charge is 0.361 e. The number of carbonyl (C=O) groups excluding carboxylic acids is 1. The molecule has 0 fully saturated rings. The van der Waals surface area contributed by atoms with Crippen LogP contribution >= 0.6 is 0 Å². The van der Waals surface area contributed by atoms with Crippen LogP contribution in [0.5, 0.6) is 0 Å². The Morgan fingerprint density at radius 3 is 2.64 bits per heavy atom. The minimum absolute atomic E-state index is 0.0382. The van der Waals surface area contributed by atoms with Crippen LogP contribution in [-0.4, -0.2) is 11.2 Å². The van der Waals surface area contributed by atoms with E-state index < -0.39 is 23.6 Å². The molecule has 0 aliphatic carbocycles. The Balaban J connectivity index is 1.99. The van der Waals surface area contributed by atoms with E-state index >= 15 is 0 Å². The molecule has 1 aromatic carbocycles. The van der Waals surface area contributed by atoms with Gasteiger partial charge in [0.1, 0.15) is 17.3 Å². The number of benzene rings is 1. The Hall–Kier alpha value is -2.58. The highest BCUT2D eigenvalue weighted by Gasteiger charge is 2.34. The molecule has 0 saturated carbocycles. The second-order valence-electron chi connectivity index (χ2n) is 4.43. The summed E-state index contributed by atoms with van der Waals surface area (Å²) in [5, 5.41) is 8.21. The summed E-state index contributed by atoms with van der Waals surface area (Å²) in [7, 11) is 0. The van der Waals surface area contributed by atoms with Crippen molar-refractivity contribution >= 4 is 11.7 Å². The summed E-state index contributed by atoms with van der Waals surface area (Å²) in [6, 6.07) is 3.04. The molecule has 0 aliphatic rings. The largest absolute Gasteiger partial charge is 0.419 e. The summed E-state index contributed by atoms with van der Waals surface area (Å²) in [6.07, 6.45) is -4.84. The van der Waals surface area contributed by atoms with Crippen LogP contribution in [0.1, 0.15) is 17.0 Å². The molecule has 0 radical (unpaired) electrons. The zero-order chi connectivity index (χ0) is 16.3. The Morgan fingerprint density at radius 2 is 2.05 bits per heavy atom. The van der Waals surface area contributed by atoms with Crippen molar-refractivity contribution in [2.75, 3.05) is 5.32 Å². The maximum Gasteiger partial charge on any atom is 0.419 e. The molecule has 0 unspecified atom stereocenters. The Labute approximate surface area is 122 Å². The number of aryl methyl sites for hydroxylation is 1. The van der Waals surface area contributed by atoms with Gasteiger partial charge in [0.25, 0.3) is 0 Å². The van der Waals surface area contributed by atoms with Crippen LogP contribution in [0.25, 0.3) is 0 Å². The van der Waals surface area contributed by atoms with E-state index in [1.165, 1.54) is 0 Å². The summed E-state index contributed by atoms with van der Waals surface area (Å²) in [5.74, 6) is -0.845. The predicted octanol–water partition coefficient (Wildman–Crippen LogP) is 3.46. The lowest BCUT2D eigenvalue weighted by Gasteiger charge is -2.11. The summed E-state index contributed by atoms with van der Waals surface area (Å²) in [4.78, 5) is 11.6. The van der Waals surface area contributed by atoms with Crippen LogP contribution in [0.15, 0.2) is 28.8 Å². The van der Waals surface area contributed by atoms with Gasteiger partial charge in [0.2, 0.25) is 0 Å². The van der Waals surface area contributed by atoms with Gasteiger partial charge in [0.05, 0.1) is 12.1 Å². The number of carbonyl (C=O) groups is 1. The number of nitrogens with zero attached hydrogens (tertiary/aromatic N) is 1. The van der Waals surface area contributed by atoms with Crippen molar-refractivity contribution < 1.29 is 26.9 Å². The number of hydrogen-bond acceptors (Lipinski definition) is 3. The molecule has 1 heterocycles. The van der Waals surface area contributed by atoms with Gasteiger partial charge in [-0.05, 0) is 25.1 Å². The topological polar surface area (TPSA) is 67.2 Å². The van der Waals surface area contributed by atoms with E-state index in [1.807, 2.05) is 0 Å². The van der Waals surface area contributed by atoms with Gasteiger partial charge in [-0.15, -0.1) is 0 Å². The van der Waals surface area contributed by atoms with E-state index in [2.05, 4.69) is 15.8 Å². The standard InChI is InChI=1S/C13H11F4N3O2/c1-7-4-9(20-22-7)6-18-12(21)19-8-2-3-11(14)10(5-8)13(15,16)17/h2-5H,6H2,1H3,(H2,18,19,21). The normalized spacial score (nSPS) is 11.3. The summed E-state index contributed by atoms with van der Waals surface area (Å²) in [6.45, 7) is 1.71. The first kappa shape index (κ1) is 15.8. The van der Waals surface area contributed by atoms with E-state index in [0.717, 1.165) is 6.07 Å². The van der Waals surface area contributed by atoms with Gasteiger partial charge < -0.3 is 15.2 Å². The van der Waals surface area contributed by atoms with Crippen LogP contribution in [0.3, 0.4) is 0 Å². The molecule has 5 nitrogen and oxygen atoms in total. The van der Waals surface area contributed by atoms with Gasteiger partial charge in [-0.25, -0.2) is 9.18 Å². The van der Waals surface area contributed by atoms with Gasteiger partial charge >= 0.3 is 12.2 Å². The second kappa shape index (κ2) is 6.04. The summed E-state index contributed by atoms with van der Waals surface area (Å²) >= 11 is 0. The maximum absolute atomic E-state index is 13.1. The fourth-order valence-corrected chi connectivity index (χ4v) is 1.67. The molecule has 0 spiro atoms. The number of hydrogen-bond donors (Lipinski definition) is 2. The second-order valence-corrected chi connectivity index (χ2v) is 4.43. The van der Waals surface area contributed by atoms with Gasteiger partial charge in [-0.1, -0.05) is 5.16 Å². The third-order valence-electron chi connectivity index (χ3n) is 2.64. The van der Waals surface area contributed by atoms with Crippen molar-refractivity contribution in [1.82, 2.24) is 10.5 Å². The molecule has 118 valence electrons. The molecular weight excluding hydrogens is 306 g/mol. The number of anilines is 1. The fourth-order valence-electron chi connectivity index (χ4n) is 1.67.